The molecule has 4 aliphatic rings. The Morgan fingerprint density at radius 2 is 1.60 bits per heavy atom. The van der Waals surface area contributed by atoms with Crippen LogP contribution in [0.25, 0.3) is 0 Å². The molecule has 2 aromatic carbocycles. The number of phenolic OH excluding ortho intramolecular Hbond substituents is 1. The number of allylic oxidation sites excluding steroid dienone is 2. The average Bonchev–Trinajstić information content (AvgIpc) is 3.50. The summed E-state index contributed by atoms with van der Waals surface area (Å²) in [7, 11) is -0.975. The van der Waals surface area contributed by atoms with Crippen molar-refractivity contribution in [2.45, 2.75) is 143 Å². The second kappa shape index (κ2) is 18.3. The summed E-state index contributed by atoms with van der Waals surface area (Å²) in [5.41, 5.74) is 0.729. The molecule has 1 aliphatic carbocycles. The molecule has 5 bridgehead atoms. The summed E-state index contributed by atoms with van der Waals surface area (Å²) in [5, 5.41) is 41.2. The fourth-order valence-corrected chi connectivity index (χ4v) is 9.97. The van der Waals surface area contributed by atoms with E-state index in [1.165, 1.54) is 40.2 Å². The molecule has 0 saturated heterocycles. The molecule has 2 aromatic rings. The fraction of sp³-hybridized carbons (Fsp3) is 0.551. The number of hydrogen-bond donors (Lipinski definition) is 5. The number of esters is 1. The molecule has 65 heavy (non-hydrogen) atoms. The molecule has 0 radical (unpaired) electrons. The van der Waals surface area contributed by atoms with Crippen LogP contribution in [-0.4, -0.2) is 96.5 Å². The summed E-state index contributed by atoms with van der Waals surface area (Å²) < 4.78 is 37.6. The number of carbonyl (C=O) groups excluding carboxylic acids is 4. The molecule has 0 saturated carbocycles. The molecule has 354 valence electrons. The van der Waals surface area contributed by atoms with Gasteiger partial charge in [0.1, 0.15) is 40.8 Å². The van der Waals surface area contributed by atoms with E-state index in [4.69, 9.17) is 28.1 Å². The number of anilines is 1. The van der Waals surface area contributed by atoms with E-state index in [1.807, 2.05) is 6.07 Å². The van der Waals surface area contributed by atoms with E-state index in [0.29, 0.717) is 17.2 Å². The lowest BCUT2D eigenvalue weighted by molar-refractivity contribution is -0.160. The highest BCUT2D eigenvalue weighted by molar-refractivity contribution is 6.74. The highest BCUT2D eigenvalue weighted by Crippen LogP contribution is 2.55. The predicted molar refractivity (Wildman–Crippen MR) is 246 cm³/mol. The number of methoxy groups -OCH3 is 1. The number of ketones is 2. The summed E-state index contributed by atoms with van der Waals surface area (Å²) in [5.74, 6) is -6.56. The van der Waals surface area contributed by atoms with Crippen LogP contribution in [0.2, 0.25) is 18.1 Å². The largest absolute Gasteiger partial charge is 0.542 e. The molecule has 0 aromatic heterocycles. The molecular weight excluding hydrogens is 853 g/mol. The lowest BCUT2D eigenvalue weighted by Crippen LogP contribution is -2.59. The van der Waals surface area contributed by atoms with Crippen LogP contribution in [0, 0.1) is 30.6 Å². The number of aliphatic hydroxyl groups is 2. The molecule has 0 spiro atoms. The highest BCUT2D eigenvalue weighted by atomic mass is 28.4. The predicted octanol–water partition coefficient (Wildman–Crippen LogP) is 7.23. The summed E-state index contributed by atoms with van der Waals surface area (Å²) in [4.78, 5) is 56.3. The number of hydrogen-bond acceptors (Lipinski definition) is 14. The van der Waals surface area contributed by atoms with Crippen molar-refractivity contribution >= 4 is 37.4 Å². The smallest absolute Gasteiger partial charge is 0.312 e. The van der Waals surface area contributed by atoms with Crippen molar-refractivity contribution in [1.82, 2.24) is 5.32 Å². The van der Waals surface area contributed by atoms with Gasteiger partial charge in [-0.15, -0.1) is 0 Å². The van der Waals surface area contributed by atoms with E-state index in [0.717, 1.165) is 0 Å². The van der Waals surface area contributed by atoms with Crippen LogP contribution in [0.3, 0.4) is 0 Å². The zero-order valence-electron chi connectivity index (χ0n) is 39.9. The Morgan fingerprint density at radius 3 is 2.23 bits per heavy atom. The SMILES string of the molecule is CO[C@H]1/C=C\O[C@@]2(C)Oc3c(C)c(O)c4c(c3C2=O)C2Nc3c(cccc3O[Si](C)(C)C(C)(C)C)OC2C(NC(=O)/C(C)=C\C=C/[C@H](C)[C@H](O)[C@@H](C)[C@@H](O)[C@@H](C)[C@H](OC(C)=O)[C@@H]1C)C4=O. The third-order valence-corrected chi connectivity index (χ3v) is 18.4. The molecule has 3 aliphatic heterocycles. The van der Waals surface area contributed by atoms with Gasteiger partial charge in [-0.1, -0.05) is 72.8 Å². The first-order valence-electron chi connectivity index (χ1n) is 22.2. The van der Waals surface area contributed by atoms with E-state index in [-0.39, 0.29) is 38.6 Å². The Morgan fingerprint density at radius 1 is 0.923 bits per heavy atom. The van der Waals surface area contributed by atoms with Gasteiger partial charge in [0.15, 0.2) is 11.9 Å². The molecule has 3 heterocycles. The lowest BCUT2D eigenvalue weighted by Gasteiger charge is -2.44. The number of Topliss-reactive ketones (excluding diaryl/α,β-unsaturated/α-hetero) is 2. The molecule has 0 fully saturated rings. The summed E-state index contributed by atoms with van der Waals surface area (Å²) >= 11 is 0. The van der Waals surface area contributed by atoms with Crippen LogP contribution in [0.15, 0.2) is 54.3 Å². The molecule has 3 unspecified atom stereocenters. The van der Waals surface area contributed by atoms with Gasteiger partial charge in [-0.25, -0.2) is 0 Å². The molecule has 6 rings (SSSR count). The number of rotatable bonds is 4. The van der Waals surface area contributed by atoms with E-state index in [1.54, 1.807) is 65.0 Å². The van der Waals surface area contributed by atoms with Crippen molar-refractivity contribution in [1.29, 1.82) is 0 Å². The van der Waals surface area contributed by atoms with Gasteiger partial charge in [-0.05, 0) is 50.2 Å². The number of ether oxygens (including phenoxy) is 5. The van der Waals surface area contributed by atoms with Crippen molar-refractivity contribution in [3.05, 3.63) is 76.6 Å². The molecular formula is C49H66N2O13Si. The van der Waals surface area contributed by atoms with E-state index < -0.39 is 110 Å². The number of aromatic hydroxyl groups is 1. The van der Waals surface area contributed by atoms with Gasteiger partial charge in [0.25, 0.3) is 14.1 Å². The number of amides is 1. The Hall–Kier alpha value is -5.16. The van der Waals surface area contributed by atoms with Crippen molar-refractivity contribution in [3.8, 4) is 23.0 Å². The maximum absolute atomic E-state index is 14.9. The Balaban J connectivity index is 1.52. The minimum absolute atomic E-state index is 0.00263. The van der Waals surface area contributed by atoms with Crippen LogP contribution < -0.4 is 24.5 Å². The third-order valence-electron chi connectivity index (χ3n) is 14.1. The Kier molecular flexibility index (Phi) is 13.8. The first-order chi connectivity index (χ1) is 30.3. The van der Waals surface area contributed by atoms with Crippen molar-refractivity contribution in [2.24, 2.45) is 23.7 Å². The fourth-order valence-electron chi connectivity index (χ4n) is 8.94. The van der Waals surface area contributed by atoms with Gasteiger partial charge < -0.3 is 54.1 Å². The highest BCUT2D eigenvalue weighted by Gasteiger charge is 2.57. The topological polar surface area (TPSA) is 208 Å². The number of fused-ring (bicyclic) bond motifs is 5. The van der Waals surface area contributed by atoms with Gasteiger partial charge >= 0.3 is 11.8 Å². The van der Waals surface area contributed by atoms with Crippen LogP contribution in [0.4, 0.5) is 5.69 Å². The van der Waals surface area contributed by atoms with Gasteiger partial charge in [-0.2, -0.15) is 0 Å². The number of benzene rings is 2. The number of nitrogens with one attached hydrogen (secondary N) is 2. The second-order valence-corrected chi connectivity index (χ2v) is 24.5. The Labute approximate surface area is 382 Å². The first-order valence-corrected chi connectivity index (χ1v) is 25.2. The number of carbonyl (C=O) groups is 4. The van der Waals surface area contributed by atoms with Crippen LogP contribution in [0.1, 0.15) is 107 Å². The van der Waals surface area contributed by atoms with Crippen LogP contribution in [-0.2, 0) is 23.8 Å². The van der Waals surface area contributed by atoms with Crippen LogP contribution >= 0.6 is 0 Å². The van der Waals surface area contributed by atoms with Gasteiger partial charge in [-0.3, -0.25) is 19.2 Å². The average molecular weight is 919 g/mol. The van der Waals surface area contributed by atoms with Gasteiger partial charge in [0.2, 0.25) is 5.91 Å². The number of aliphatic hydroxyl groups excluding tert-OH is 2. The monoisotopic (exact) mass is 918 g/mol. The maximum Gasteiger partial charge on any atom is 0.312 e. The number of phenols is 1. The molecule has 16 heteroatoms. The third kappa shape index (κ3) is 9.06. The second-order valence-electron chi connectivity index (χ2n) is 19.7. The lowest BCUT2D eigenvalue weighted by atomic mass is 9.75. The quantitative estimate of drug-likeness (QED) is 0.152. The normalized spacial score (nSPS) is 33.6. The molecule has 15 nitrogen and oxygen atoms in total. The Bertz CT molecular complexity index is 2320. The van der Waals surface area contributed by atoms with E-state index >= 15 is 0 Å². The van der Waals surface area contributed by atoms with Crippen molar-refractivity contribution in [2.75, 3.05) is 12.4 Å². The molecule has 12 atom stereocenters. The van der Waals surface area contributed by atoms with Crippen LogP contribution in [0.5, 0.6) is 23.0 Å². The van der Waals surface area contributed by atoms with Gasteiger partial charge in [0, 0.05) is 61.3 Å². The standard InChI is InChI=1S/C49H66N2O13Si/c1-23-17-15-18-24(2)47(58)51-38-42(56)34-33(37-45(38)62-31-19-16-20-32(36(31)50-37)64-65(13,14)48(8,9)10)35-44(28(6)41(34)55)63-49(11,46(35)57)60-22-21-30(59-12)25(3)43(61-29(7)52)27(5)40(54)26(4)39(23)53/h15-23,25-27,30,37-40,43,45,50,53-55H,1-14H3,(H,51,58)/b17-15-,22-21-,24-18-/t23-,25+,26+,27+,30-,37?,38?,39-,40+,43+,45?,49-/m0/s1. The molecule has 1 amide bonds. The first kappa shape index (κ1) is 49.3. The maximum atomic E-state index is 14.9. The summed E-state index contributed by atoms with van der Waals surface area (Å²) in [6.07, 6.45) is 2.64. The van der Waals surface area contributed by atoms with E-state index in [9.17, 15) is 34.5 Å². The summed E-state index contributed by atoms with van der Waals surface area (Å²) in [6, 6.07) is 2.95. The minimum Gasteiger partial charge on any atom is -0.542 e. The van der Waals surface area contributed by atoms with Crippen molar-refractivity contribution < 1.29 is 62.6 Å². The minimum atomic E-state index is -2.43. The van der Waals surface area contributed by atoms with E-state index in [2.05, 4.69) is 44.5 Å². The van der Waals surface area contributed by atoms with Gasteiger partial charge in [0.05, 0.1) is 41.7 Å². The molecule has 5 N–H and O–H groups in total. The zero-order valence-corrected chi connectivity index (χ0v) is 40.9. The van der Waals surface area contributed by atoms with Crippen molar-refractivity contribution in [3.63, 3.8) is 0 Å². The summed E-state index contributed by atoms with van der Waals surface area (Å²) in [6.45, 7) is 23.4. The zero-order chi connectivity index (χ0) is 48.2. The number of para-hydroxylation sites is 1.